The molecular formula is C17H19N3O2S. The maximum Gasteiger partial charge on any atom is 0.262 e. The fourth-order valence-electron chi connectivity index (χ4n) is 3.00. The van der Waals surface area contributed by atoms with Crippen molar-refractivity contribution in [2.75, 3.05) is 0 Å². The molecule has 0 fully saturated rings. The molecule has 0 aromatic carbocycles. The van der Waals surface area contributed by atoms with E-state index in [1.54, 1.807) is 0 Å². The van der Waals surface area contributed by atoms with Crippen molar-refractivity contribution in [3.63, 3.8) is 0 Å². The van der Waals surface area contributed by atoms with E-state index in [2.05, 4.69) is 16.5 Å². The predicted octanol–water partition coefficient (Wildman–Crippen LogP) is 3.09. The van der Waals surface area contributed by atoms with Gasteiger partial charge >= 0.3 is 0 Å². The van der Waals surface area contributed by atoms with Gasteiger partial charge in [0.05, 0.1) is 18.3 Å². The number of Topliss-reactive ketones (excluding diaryl/α,β-unsaturated/α-hetero) is 1. The van der Waals surface area contributed by atoms with Gasteiger partial charge in [0.15, 0.2) is 5.78 Å². The fraction of sp³-hybridized carbons (Fsp3) is 0.353. The molecule has 0 spiro atoms. The van der Waals surface area contributed by atoms with Crippen molar-refractivity contribution in [1.82, 2.24) is 14.1 Å². The van der Waals surface area contributed by atoms with Gasteiger partial charge in [0.2, 0.25) is 0 Å². The van der Waals surface area contributed by atoms with Gasteiger partial charge in [0, 0.05) is 28.4 Å². The van der Waals surface area contributed by atoms with Crippen LogP contribution in [0.15, 0.2) is 23.3 Å². The molecule has 3 aromatic heterocycles. The van der Waals surface area contributed by atoms with Crippen molar-refractivity contribution in [2.45, 2.75) is 40.8 Å². The molecule has 120 valence electrons. The van der Waals surface area contributed by atoms with Gasteiger partial charge < -0.3 is 4.57 Å². The monoisotopic (exact) mass is 329 g/mol. The Hall–Kier alpha value is -2.21. The Labute approximate surface area is 138 Å². The minimum atomic E-state index is -0.156. The van der Waals surface area contributed by atoms with E-state index in [9.17, 15) is 9.59 Å². The lowest BCUT2D eigenvalue weighted by molar-refractivity contribution is 0.0970. The van der Waals surface area contributed by atoms with Crippen LogP contribution in [0.1, 0.15) is 33.5 Å². The van der Waals surface area contributed by atoms with Gasteiger partial charge in [-0.1, -0.05) is 0 Å². The molecule has 23 heavy (non-hydrogen) atoms. The third-order valence-corrected chi connectivity index (χ3v) is 5.10. The molecule has 0 atom stereocenters. The number of rotatable bonds is 4. The highest BCUT2D eigenvalue weighted by molar-refractivity contribution is 7.18. The summed E-state index contributed by atoms with van der Waals surface area (Å²) < 4.78 is 3.49. The lowest BCUT2D eigenvalue weighted by Crippen LogP contribution is -2.24. The second kappa shape index (κ2) is 5.77. The third-order valence-electron chi connectivity index (χ3n) is 4.15. The van der Waals surface area contributed by atoms with Crippen LogP contribution in [0, 0.1) is 20.8 Å². The summed E-state index contributed by atoms with van der Waals surface area (Å²) in [6.45, 7) is 8.77. The van der Waals surface area contributed by atoms with E-state index in [1.807, 2.05) is 32.9 Å². The van der Waals surface area contributed by atoms with E-state index in [-0.39, 0.29) is 17.9 Å². The lowest BCUT2D eigenvalue weighted by atomic mass is 10.1. The molecule has 0 N–H and O–H groups in total. The maximum atomic E-state index is 12.6. The Morgan fingerprint density at radius 1 is 1.26 bits per heavy atom. The summed E-state index contributed by atoms with van der Waals surface area (Å²) in [5, 5.41) is 0.585. The number of thiophene rings is 1. The molecule has 6 heteroatoms. The van der Waals surface area contributed by atoms with Crippen LogP contribution in [0.25, 0.3) is 10.2 Å². The van der Waals surface area contributed by atoms with E-state index >= 15 is 0 Å². The smallest absolute Gasteiger partial charge is 0.262 e. The van der Waals surface area contributed by atoms with Crippen LogP contribution in [-0.4, -0.2) is 19.9 Å². The summed E-state index contributed by atoms with van der Waals surface area (Å²) in [7, 11) is 0. The number of nitrogens with zero attached hydrogens (tertiary/aromatic N) is 3. The second-order valence-electron chi connectivity index (χ2n) is 5.71. The Morgan fingerprint density at radius 2 is 2.00 bits per heavy atom. The Morgan fingerprint density at radius 3 is 2.65 bits per heavy atom. The molecule has 3 heterocycles. The quantitative estimate of drug-likeness (QED) is 0.691. The number of carbonyl (C=O) groups excluding carboxylic acids is 1. The summed E-state index contributed by atoms with van der Waals surface area (Å²) in [5.74, 6) is -0.0620. The summed E-state index contributed by atoms with van der Waals surface area (Å²) in [5.41, 5.74) is 2.53. The van der Waals surface area contributed by atoms with Crippen molar-refractivity contribution in [3.05, 3.63) is 50.6 Å². The molecule has 0 aliphatic rings. The zero-order valence-electron chi connectivity index (χ0n) is 13.7. The lowest BCUT2D eigenvalue weighted by Gasteiger charge is -2.07. The normalized spacial score (nSPS) is 11.3. The molecule has 3 aromatic rings. The summed E-state index contributed by atoms with van der Waals surface area (Å²) in [6, 6.07) is 3.73. The van der Waals surface area contributed by atoms with Crippen molar-refractivity contribution in [2.24, 2.45) is 0 Å². The van der Waals surface area contributed by atoms with Crippen molar-refractivity contribution < 1.29 is 4.79 Å². The topological polar surface area (TPSA) is 56.9 Å². The van der Waals surface area contributed by atoms with Crippen LogP contribution in [0.5, 0.6) is 0 Å². The van der Waals surface area contributed by atoms with Gasteiger partial charge in [-0.15, -0.1) is 11.3 Å². The molecule has 0 saturated heterocycles. The Bertz CT molecular complexity index is 962. The van der Waals surface area contributed by atoms with Crippen LogP contribution < -0.4 is 5.56 Å². The van der Waals surface area contributed by atoms with Gasteiger partial charge in [-0.3, -0.25) is 14.2 Å². The molecule has 0 amide bonds. The minimum absolute atomic E-state index is 0.0185. The molecule has 0 aliphatic heterocycles. The van der Waals surface area contributed by atoms with Gasteiger partial charge in [-0.05, 0) is 39.8 Å². The van der Waals surface area contributed by atoms with E-state index in [4.69, 9.17) is 0 Å². The zero-order valence-corrected chi connectivity index (χ0v) is 14.5. The predicted molar refractivity (Wildman–Crippen MR) is 92.5 cm³/mol. The first-order valence-electron chi connectivity index (χ1n) is 7.58. The standard InChI is InChI=1S/C17H19N3O2S/c1-5-20-10(2)6-13(12(20)4)15(21)8-19-9-18-16-14(17(19)22)7-11(3)23-16/h6-7,9H,5,8H2,1-4H3. The van der Waals surface area contributed by atoms with Gasteiger partial charge in [-0.25, -0.2) is 4.98 Å². The third kappa shape index (κ3) is 2.63. The Kier molecular flexibility index (Phi) is 3.93. The highest BCUT2D eigenvalue weighted by Gasteiger charge is 2.17. The van der Waals surface area contributed by atoms with Crippen molar-refractivity contribution in [3.8, 4) is 0 Å². The second-order valence-corrected chi connectivity index (χ2v) is 6.94. The van der Waals surface area contributed by atoms with Crippen LogP contribution in [-0.2, 0) is 13.1 Å². The van der Waals surface area contributed by atoms with Gasteiger partial charge in [-0.2, -0.15) is 0 Å². The average molecular weight is 329 g/mol. The summed E-state index contributed by atoms with van der Waals surface area (Å²) in [4.78, 5) is 31.2. The van der Waals surface area contributed by atoms with Gasteiger partial charge in [0.25, 0.3) is 5.56 Å². The van der Waals surface area contributed by atoms with E-state index in [0.717, 1.165) is 27.6 Å². The molecule has 0 unspecified atom stereocenters. The highest BCUT2D eigenvalue weighted by Crippen LogP contribution is 2.20. The number of ketones is 1. The largest absolute Gasteiger partial charge is 0.349 e. The summed E-state index contributed by atoms with van der Waals surface area (Å²) >= 11 is 1.49. The van der Waals surface area contributed by atoms with Crippen LogP contribution >= 0.6 is 11.3 Å². The number of hydrogen-bond donors (Lipinski definition) is 0. The van der Waals surface area contributed by atoms with Crippen LogP contribution in [0.2, 0.25) is 0 Å². The first-order chi connectivity index (χ1) is 10.9. The first kappa shape index (κ1) is 15.7. The number of hydrogen-bond acceptors (Lipinski definition) is 4. The average Bonchev–Trinajstić information content (AvgIpc) is 3.02. The van der Waals surface area contributed by atoms with Crippen molar-refractivity contribution in [1.29, 1.82) is 0 Å². The molecule has 5 nitrogen and oxygen atoms in total. The van der Waals surface area contributed by atoms with E-state index in [0.29, 0.717) is 10.9 Å². The SMILES string of the molecule is CCn1c(C)cc(C(=O)Cn2cnc3sc(C)cc3c2=O)c1C. The molecule has 0 aliphatic carbocycles. The highest BCUT2D eigenvalue weighted by atomic mass is 32.1. The number of aryl methyl sites for hydroxylation is 2. The Balaban J connectivity index is 1.97. The van der Waals surface area contributed by atoms with Gasteiger partial charge in [0.1, 0.15) is 4.83 Å². The number of fused-ring (bicyclic) bond motifs is 1. The summed E-state index contributed by atoms with van der Waals surface area (Å²) in [6.07, 6.45) is 1.47. The molecule has 0 radical (unpaired) electrons. The molecular weight excluding hydrogens is 310 g/mol. The van der Waals surface area contributed by atoms with Crippen molar-refractivity contribution >= 4 is 27.3 Å². The van der Waals surface area contributed by atoms with Crippen LogP contribution in [0.3, 0.4) is 0 Å². The number of carbonyl (C=O) groups is 1. The number of aromatic nitrogens is 3. The molecule has 3 rings (SSSR count). The van der Waals surface area contributed by atoms with Crippen LogP contribution in [0.4, 0.5) is 0 Å². The minimum Gasteiger partial charge on any atom is -0.349 e. The fourth-order valence-corrected chi connectivity index (χ4v) is 3.84. The first-order valence-corrected chi connectivity index (χ1v) is 8.39. The maximum absolute atomic E-state index is 12.6. The van der Waals surface area contributed by atoms with E-state index < -0.39 is 0 Å². The molecule has 0 bridgehead atoms. The zero-order chi connectivity index (χ0) is 16.7. The van der Waals surface area contributed by atoms with E-state index in [1.165, 1.54) is 22.2 Å². The molecule has 0 saturated carbocycles.